The topological polar surface area (TPSA) is 72.3 Å². The Morgan fingerprint density at radius 3 is 2.68 bits per heavy atom. The minimum atomic E-state index is -0.206. The number of nitrogens with one attached hydrogen (secondary N) is 1. The number of hydrogen-bond donors (Lipinski definition) is 1. The van der Waals surface area contributed by atoms with Crippen LogP contribution in [0.15, 0.2) is 29.1 Å². The molecule has 0 spiro atoms. The van der Waals surface area contributed by atoms with Crippen LogP contribution in [0, 0.1) is 6.92 Å². The lowest BCUT2D eigenvalue weighted by Gasteiger charge is -2.08. The predicted molar refractivity (Wildman–Crippen MR) is 84.4 cm³/mol. The van der Waals surface area contributed by atoms with Crippen molar-refractivity contribution < 1.29 is 4.74 Å². The zero-order chi connectivity index (χ0) is 15.9. The van der Waals surface area contributed by atoms with E-state index in [0.717, 1.165) is 28.0 Å². The van der Waals surface area contributed by atoms with E-state index in [2.05, 4.69) is 29.1 Å². The van der Waals surface area contributed by atoms with Crippen LogP contribution in [0.4, 0.5) is 0 Å². The molecule has 22 heavy (non-hydrogen) atoms. The van der Waals surface area contributed by atoms with Crippen molar-refractivity contribution in [1.82, 2.24) is 19.8 Å². The summed E-state index contributed by atoms with van der Waals surface area (Å²) < 4.78 is 7.16. The van der Waals surface area contributed by atoms with Crippen molar-refractivity contribution >= 4 is 5.52 Å². The second-order valence-corrected chi connectivity index (χ2v) is 5.57. The molecule has 0 radical (unpaired) electrons. The smallest absolute Gasteiger partial charge is 0.264 e. The maximum atomic E-state index is 11.4. The molecule has 0 fully saturated rings. The summed E-state index contributed by atoms with van der Waals surface area (Å²) in [5.74, 6) is 0.967. The fourth-order valence-electron chi connectivity index (χ4n) is 2.48. The molecular formula is C16H18N4O2. The van der Waals surface area contributed by atoms with Crippen LogP contribution in [0.5, 0.6) is 5.88 Å². The van der Waals surface area contributed by atoms with Gasteiger partial charge in [-0.1, -0.05) is 13.8 Å². The molecule has 0 aliphatic carbocycles. The molecule has 6 nitrogen and oxygen atoms in total. The number of rotatable bonds is 3. The van der Waals surface area contributed by atoms with E-state index in [1.54, 1.807) is 17.7 Å². The molecule has 0 amide bonds. The van der Waals surface area contributed by atoms with Gasteiger partial charge in [0.15, 0.2) is 0 Å². The van der Waals surface area contributed by atoms with Crippen molar-refractivity contribution in [3.8, 4) is 17.1 Å². The summed E-state index contributed by atoms with van der Waals surface area (Å²) in [6.07, 6.45) is 0. The van der Waals surface area contributed by atoms with Crippen LogP contribution in [-0.4, -0.2) is 26.9 Å². The minimum Gasteiger partial charge on any atom is -0.481 e. The van der Waals surface area contributed by atoms with E-state index in [9.17, 15) is 4.79 Å². The molecule has 0 bridgehead atoms. The normalized spacial score (nSPS) is 11.3. The van der Waals surface area contributed by atoms with E-state index in [-0.39, 0.29) is 5.56 Å². The average molecular weight is 298 g/mol. The van der Waals surface area contributed by atoms with Gasteiger partial charge in [-0.3, -0.25) is 4.79 Å². The molecule has 0 aromatic carbocycles. The van der Waals surface area contributed by atoms with Crippen molar-refractivity contribution in [3.63, 3.8) is 0 Å². The van der Waals surface area contributed by atoms with E-state index in [1.165, 1.54) is 0 Å². The van der Waals surface area contributed by atoms with Crippen molar-refractivity contribution in [1.29, 1.82) is 0 Å². The van der Waals surface area contributed by atoms with Crippen LogP contribution >= 0.6 is 0 Å². The van der Waals surface area contributed by atoms with Gasteiger partial charge >= 0.3 is 0 Å². The van der Waals surface area contributed by atoms with Crippen LogP contribution in [0.3, 0.4) is 0 Å². The highest BCUT2D eigenvalue weighted by molar-refractivity contribution is 5.80. The summed E-state index contributed by atoms with van der Waals surface area (Å²) in [6.45, 7) is 6.06. The van der Waals surface area contributed by atoms with Gasteiger partial charge in [0.1, 0.15) is 0 Å². The van der Waals surface area contributed by atoms with Gasteiger partial charge in [-0.25, -0.2) is 9.61 Å². The van der Waals surface area contributed by atoms with Crippen molar-refractivity contribution in [2.45, 2.75) is 26.7 Å². The van der Waals surface area contributed by atoms with E-state index < -0.39 is 0 Å². The molecule has 0 saturated heterocycles. The highest BCUT2D eigenvalue weighted by Crippen LogP contribution is 2.30. The maximum Gasteiger partial charge on any atom is 0.264 e. The third kappa shape index (κ3) is 2.26. The van der Waals surface area contributed by atoms with Gasteiger partial charge in [0.05, 0.1) is 24.0 Å². The number of hydrogen-bond acceptors (Lipinski definition) is 4. The van der Waals surface area contributed by atoms with Crippen LogP contribution in [-0.2, 0) is 0 Å². The number of ether oxygens (including phenoxy) is 1. The zero-order valence-corrected chi connectivity index (χ0v) is 13.0. The Morgan fingerprint density at radius 2 is 2.05 bits per heavy atom. The fourth-order valence-corrected chi connectivity index (χ4v) is 2.48. The molecule has 3 heterocycles. The standard InChI is InChI=1S/C16H18N4O2/c1-9(2)12-8-13-11(5-6-15(22-4)20(13)19-12)16-10(3)7-14(21)17-18-16/h5-9H,1-4H3,(H,17,21). The third-order valence-electron chi connectivity index (χ3n) is 3.66. The predicted octanol–water partition coefficient (Wildman–Crippen LogP) is 2.53. The van der Waals surface area contributed by atoms with Crippen molar-refractivity contribution in [2.24, 2.45) is 0 Å². The largest absolute Gasteiger partial charge is 0.481 e. The van der Waals surface area contributed by atoms with Gasteiger partial charge in [-0.15, -0.1) is 0 Å². The Morgan fingerprint density at radius 1 is 1.27 bits per heavy atom. The number of aromatic amines is 1. The lowest BCUT2D eigenvalue weighted by Crippen LogP contribution is -2.09. The number of nitrogens with zero attached hydrogens (tertiary/aromatic N) is 3. The first-order valence-corrected chi connectivity index (χ1v) is 7.14. The number of pyridine rings is 1. The summed E-state index contributed by atoms with van der Waals surface area (Å²) in [6, 6.07) is 7.37. The minimum absolute atomic E-state index is 0.206. The van der Waals surface area contributed by atoms with Crippen LogP contribution < -0.4 is 10.3 Å². The Labute approximate surface area is 127 Å². The molecule has 6 heteroatoms. The monoisotopic (exact) mass is 298 g/mol. The van der Waals surface area contributed by atoms with Gasteiger partial charge in [-0.2, -0.15) is 10.2 Å². The number of aryl methyl sites for hydroxylation is 1. The van der Waals surface area contributed by atoms with E-state index in [1.807, 2.05) is 25.1 Å². The van der Waals surface area contributed by atoms with Gasteiger partial charge in [0, 0.05) is 17.7 Å². The molecule has 1 N–H and O–H groups in total. The Kier molecular flexibility index (Phi) is 3.44. The van der Waals surface area contributed by atoms with Crippen molar-refractivity contribution in [3.05, 3.63) is 45.9 Å². The Balaban J connectivity index is 2.32. The summed E-state index contributed by atoms with van der Waals surface area (Å²) in [7, 11) is 1.62. The highest BCUT2D eigenvalue weighted by Gasteiger charge is 2.15. The molecular weight excluding hydrogens is 280 g/mol. The van der Waals surface area contributed by atoms with Gasteiger partial charge in [-0.05, 0) is 30.5 Å². The Bertz CT molecular complexity index is 893. The lowest BCUT2D eigenvalue weighted by molar-refractivity contribution is 0.385. The molecule has 0 unspecified atom stereocenters. The summed E-state index contributed by atoms with van der Waals surface area (Å²) in [5.41, 5.74) is 4.15. The van der Waals surface area contributed by atoms with Crippen LogP contribution in [0.2, 0.25) is 0 Å². The number of H-pyrrole nitrogens is 1. The maximum absolute atomic E-state index is 11.4. The number of fused-ring (bicyclic) bond motifs is 1. The van der Waals surface area contributed by atoms with E-state index >= 15 is 0 Å². The molecule has 114 valence electrons. The quantitative estimate of drug-likeness (QED) is 0.806. The average Bonchev–Trinajstić information content (AvgIpc) is 2.92. The second-order valence-electron chi connectivity index (χ2n) is 5.57. The zero-order valence-electron chi connectivity index (χ0n) is 13.0. The van der Waals surface area contributed by atoms with Crippen LogP contribution in [0.25, 0.3) is 16.8 Å². The van der Waals surface area contributed by atoms with Gasteiger partial charge < -0.3 is 4.74 Å². The SMILES string of the molecule is COc1ccc(-c2n[nH]c(=O)cc2C)c2cc(C(C)C)nn12. The lowest BCUT2D eigenvalue weighted by atomic mass is 10.1. The van der Waals surface area contributed by atoms with Gasteiger partial charge in [0.25, 0.3) is 5.56 Å². The van der Waals surface area contributed by atoms with Crippen molar-refractivity contribution in [2.75, 3.05) is 7.11 Å². The van der Waals surface area contributed by atoms with E-state index in [0.29, 0.717) is 11.8 Å². The first kappa shape index (κ1) is 14.3. The summed E-state index contributed by atoms with van der Waals surface area (Å²) in [4.78, 5) is 11.4. The molecule has 0 saturated carbocycles. The second kappa shape index (κ2) is 5.29. The molecule has 3 aromatic heterocycles. The molecule has 3 aromatic rings. The number of methoxy groups -OCH3 is 1. The van der Waals surface area contributed by atoms with E-state index in [4.69, 9.17) is 4.74 Å². The summed E-state index contributed by atoms with van der Waals surface area (Å²) >= 11 is 0. The molecule has 3 rings (SSSR count). The molecule has 0 atom stereocenters. The highest BCUT2D eigenvalue weighted by atomic mass is 16.5. The first-order valence-electron chi connectivity index (χ1n) is 7.14. The first-order chi connectivity index (χ1) is 10.5. The van der Waals surface area contributed by atoms with Gasteiger partial charge in [0.2, 0.25) is 5.88 Å². The number of aromatic nitrogens is 4. The Hall–Kier alpha value is -2.63. The summed E-state index contributed by atoms with van der Waals surface area (Å²) in [5, 5.41) is 11.3. The third-order valence-corrected chi connectivity index (χ3v) is 3.66. The molecule has 0 aliphatic rings. The van der Waals surface area contributed by atoms with Crippen LogP contribution in [0.1, 0.15) is 31.0 Å². The molecule has 0 aliphatic heterocycles. The fraction of sp³-hybridized carbons (Fsp3) is 0.312.